The molecule has 1 N–H and O–H groups in total. The summed E-state index contributed by atoms with van der Waals surface area (Å²) in [6.07, 6.45) is 7.25. The number of carbonyl (C=O) groups excluding carboxylic acids is 1. The SMILES string of the molecule is Cn1cccc1C(=O)N[C@H](Cn1ccnc1)c1ccccc1. The number of nitrogens with one attached hydrogen (secondary N) is 1. The van der Waals surface area contributed by atoms with Crippen LogP contribution in [0, 0.1) is 0 Å². The highest BCUT2D eigenvalue weighted by Crippen LogP contribution is 2.16. The lowest BCUT2D eigenvalue weighted by molar-refractivity contribution is 0.0924. The molecule has 0 aliphatic heterocycles. The van der Waals surface area contributed by atoms with Crippen LogP contribution in [0.4, 0.5) is 0 Å². The number of benzene rings is 1. The third kappa shape index (κ3) is 3.09. The fourth-order valence-electron chi connectivity index (χ4n) is 2.45. The Morgan fingerprint density at radius 1 is 1.18 bits per heavy atom. The van der Waals surface area contributed by atoms with E-state index in [-0.39, 0.29) is 11.9 Å². The number of carbonyl (C=O) groups is 1. The Hall–Kier alpha value is -2.82. The number of aryl methyl sites for hydroxylation is 1. The molecule has 22 heavy (non-hydrogen) atoms. The van der Waals surface area contributed by atoms with E-state index in [1.165, 1.54) is 0 Å². The van der Waals surface area contributed by atoms with Gasteiger partial charge in [-0.1, -0.05) is 30.3 Å². The summed E-state index contributed by atoms with van der Waals surface area (Å²) in [6, 6.07) is 13.5. The van der Waals surface area contributed by atoms with E-state index >= 15 is 0 Å². The maximum atomic E-state index is 12.5. The normalized spacial score (nSPS) is 12.0. The van der Waals surface area contributed by atoms with Crippen LogP contribution in [0.1, 0.15) is 22.1 Å². The Balaban J connectivity index is 1.82. The first-order valence-corrected chi connectivity index (χ1v) is 7.17. The van der Waals surface area contributed by atoms with Gasteiger partial charge < -0.3 is 14.5 Å². The first kappa shape index (κ1) is 14.1. The molecule has 112 valence electrons. The Morgan fingerprint density at radius 2 is 2.00 bits per heavy atom. The van der Waals surface area contributed by atoms with Crippen molar-refractivity contribution in [2.45, 2.75) is 12.6 Å². The molecule has 5 nitrogen and oxygen atoms in total. The van der Waals surface area contributed by atoms with Crippen molar-refractivity contribution in [3.05, 3.63) is 78.6 Å². The first-order valence-electron chi connectivity index (χ1n) is 7.17. The van der Waals surface area contributed by atoms with E-state index in [0.29, 0.717) is 12.2 Å². The molecule has 0 saturated heterocycles. The van der Waals surface area contributed by atoms with Crippen LogP contribution in [0.15, 0.2) is 67.4 Å². The molecule has 3 rings (SSSR count). The molecule has 0 saturated carbocycles. The second kappa shape index (κ2) is 6.30. The Kier molecular flexibility index (Phi) is 4.05. The van der Waals surface area contributed by atoms with E-state index in [9.17, 15) is 4.79 Å². The van der Waals surface area contributed by atoms with Crippen LogP contribution >= 0.6 is 0 Å². The predicted molar refractivity (Wildman–Crippen MR) is 84.3 cm³/mol. The number of rotatable bonds is 5. The van der Waals surface area contributed by atoms with E-state index in [2.05, 4.69) is 10.3 Å². The standard InChI is InChI=1S/C17H18N4O/c1-20-10-5-8-16(20)17(22)19-15(12-21-11-9-18-13-21)14-6-3-2-4-7-14/h2-11,13,15H,12H2,1H3,(H,19,22)/t15-/m1/s1. The summed E-state index contributed by atoms with van der Waals surface area (Å²) >= 11 is 0. The minimum atomic E-state index is -0.113. The van der Waals surface area contributed by atoms with Crippen molar-refractivity contribution in [1.29, 1.82) is 0 Å². The first-order chi connectivity index (χ1) is 10.7. The quantitative estimate of drug-likeness (QED) is 0.785. The van der Waals surface area contributed by atoms with Crippen molar-refractivity contribution in [2.75, 3.05) is 0 Å². The van der Waals surface area contributed by atoms with Gasteiger partial charge in [-0.3, -0.25) is 4.79 Å². The van der Waals surface area contributed by atoms with E-state index in [1.54, 1.807) is 12.5 Å². The molecule has 1 aromatic carbocycles. The van der Waals surface area contributed by atoms with Gasteiger partial charge in [0.2, 0.25) is 0 Å². The van der Waals surface area contributed by atoms with Gasteiger partial charge in [-0.15, -0.1) is 0 Å². The molecule has 3 aromatic rings. The van der Waals surface area contributed by atoms with Crippen molar-refractivity contribution >= 4 is 5.91 Å². The average Bonchev–Trinajstić information content (AvgIpc) is 3.19. The molecule has 0 aliphatic rings. The van der Waals surface area contributed by atoms with Crippen LogP contribution in [0.3, 0.4) is 0 Å². The molecule has 0 spiro atoms. The monoisotopic (exact) mass is 294 g/mol. The second-order valence-corrected chi connectivity index (χ2v) is 5.20. The fourth-order valence-corrected chi connectivity index (χ4v) is 2.45. The molecule has 0 unspecified atom stereocenters. The van der Waals surface area contributed by atoms with Gasteiger partial charge in [0.25, 0.3) is 5.91 Å². The number of imidazole rings is 1. The highest BCUT2D eigenvalue weighted by Gasteiger charge is 2.17. The molecular formula is C17H18N4O. The van der Waals surface area contributed by atoms with E-state index in [1.807, 2.05) is 71.0 Å². The van der Waals surface area contributed by atoms with Crippen LogP contribution in [-0.4, -0.2) is 20.0 Å². The summed E-state index contributed by atoms with van der Waals surface area (Å²) in [6.45, 7) is 0.639. The van der Waals surface area contributed by atoms with Crippen molar-refractivity contribution < 1.29 is 4.79 Å². The predicted octanol–water partition coefficient (Wildman–Crippen LogP) is 2.39. The average molecular weight is 294 g/mol. The highest BCUT2D eigenvalue weighted by molar-refractivity contribution is 5.93. The maximum Gasteiger partial charge on any atom is 0.268 e. The third-order valence-corrected chi connectivity index (χ3v) is 3.64. The summed E-state index contributed by atoms with van der Waals surface area (Å²) in [5.41, 5.74) is 1.71. The van der Waals surface area contributed by atoms with E-state index < -0.39 is 0 Å². The molecule has 5 heteroatoms. The lowest BCUT2D eigenvalue weighted by atomic mass is 10.1. The van der Waals surface area contributed by atoms with Gasteiger partial charge in [-0.2, -0.15) is 0 Å². The van der Waals surface area contributed by atoms with Crippen molar-refractivity contribution in [3.8, 4) is 0 Å². The molecule has 1 amide bonds. The third-order valence-electron chi connectivity index (χ3n) is 3.64. The van der Waals surface area contributed by atoms with Crippen LogP contribution < -0.4 is 5.32 Å². The lowest BCUT2D eigenvalue weighted by Gasteiger charge is -2.20. The highest BCUT2D eigenvalue weighted by atomic mass is 16.2. The second-order valence-electron chi connectivity index (χ2n) is 5.20. The summed E-state index contributed by atoms with van der Waals surface area (Å²) in [5.74, 6) is -0.0820. The molecular weight excluding hydrogens is 276 g/mol. The smallest absolute Gasteiger partial charge is 0.268 e. The minimum Gasteiger partial charge on any atom is -0.347 e. The van der Waals surface area contributed by atoms with E-state index in [4.69, 9.17) is 0 Å². The lowest BCUT2D eigenvalue weighted by Crippen LogP contribution is -2.32. The largest absolute Gasteiger partial charge is 0.347 e. The van der Waals surface area contributed by atoms with Crippen molar-refractivity contribution in [2.24, 2.45) is 7.05 Å². The zero-order valence-electron chi connectivity index (χ0n) is 12.4. The van der Waals surface area contributed by atoms with Gasteiger partial charge in [-0.05, 0) is 17.7 Å². The van der Waals surface area contributed by atoms with E-state index in [0.717, 1.165) is 5.56 Å². The zero-order valence-corrected chi connectivity index (χ0v) is 12.4. The summed E-state index contributed by atoms with van der Waals surface area (Å²) in [4.78, 5) is 16.5. The molecule has 0 bridgehead atoms. The number of hydrogen-bond acceptors (Lipinski definition) is 2. The van der Waals surface area contributed by atoms with Gasteiger partial charge in [0.15, 0.2) is 0 Å². The van der Waals surface area contributed by atoms with Gasteiger partial charge in [-0.25, -0.2) is 4.98 Å². The van der Waals surface area contributed by atoms with Gasteiger partial charge in [0.05, 0.1) is 12.4 Å². The molecule has 1 atom stereocenters. The number of amides is 1. The van der Waals surface area contributed by atoms with Crippen molar-refractivity contribution in [1.82, 2.24) is 19.4 Å². The number of nitrogens with zero attached hydrogens (tertiary/aromatic N) is 3. The van der Waals surface area contributed by atoms with Crippen LogP contribution in [0.25, 0.3) is 0 Å². The summed E-state index contributed by atoms with van der Waals surface area (Å²) in [5, 5.41) is 3.11. The topological polar surface area (TPSA) is 51.9 Å². The Morgan fingerprint density at radius 3 is 2.64 bits per heavy atom. The van der Waals surface area contributed by atoms with Crippen molar-refractivity contribution in [3.63, 3.8) is 0 Å². The van der Waals surface area contributed by atoms with Crippen LogP contribution in [0.5, 0.6) is 0 Å². The Bertz CT molecular complexity index is 731. The molecule has 0 fully saturated rings. The number of aromatic nitrogens is 3. The van der Waals surface area contributed by atoms with Gasteiger partial charge in [0, 0.05) is 32.2 Å². The number of hydrogen-bond donors (Lipinski definition) is 1. The Labute approximate surface area is 129 Å². The summed E-state index contributed by atoms with van der Waals surface area (Å²) < 4.78 is 3.78. The zero-order chi connectivity index (χ0) is 15.4. The van der Waals surface area contributed by atoms with Gasteiger partial charge >= 0.3 is 0 Å². The molecule has 2 aromatic heterocycles. The maximum absolute atomic E-state index is 12.5. The summed E-state index contributed by atoms with van der Waals surface area (Å²) in [7, 11) is 1.86. The fraction of sp³-hybridized carbons (Fsp3) is 0.176. The van der Waals surface area contributed by atoms with Crippen LogP contribution in [-0.2, 0) is 13.6 Å². The molecule has 2 heterocycles. The molecule has 0 aliphatic carbocycles. The van der Waals surface area contributed by atoms with Gasteiger partial charge in [0.1, 0.15) is 5.69 Å². The molecule has 0 radical (unpaired) electrons. The minimum absolute atomic E-state index is 0.0820. The van der Waals surface area contributed by atoms with Crippen LogP contribution in [0.2, 0.25) is 0 Å².